The molecule has 0 atom stereocenters. The third-order valence-corrected chi connectivity index (χ3v) is 4.93. The molecule has 0 amide bonds. The molecule has 2 aromatic carbocycles. The van der Waals surface area contributed by atoms with Crippen LogP contribution in [0.15, 0.2) is 12.1 Å². The normalized spacial score (nSPS) is 15.4. The van der Waals surface area contributed by atoms with Gasteiger partial charge in [0.05, 0.1) is 29.4 Å². The van der Waals surface area contributed by atoms with E-state index in [0.717, 1.165) is 33.6 Å². The first-order valence-electron chi connectivity index (χ1n) is 7.60. The average molecular weight is 312 g/mol. The molecule has 0 saturated carbocycles. The minimum atomic E-state index is 0.157. The van der Waals surface area contributed by atoms with Crippen LogP contribution in [-0.2, 0) is 13.1 Å². The lowest BCUT2D eigenvalue weighted by Crippen LogP contribution is -2.46. The number of phenols is 2. The Kier molecular flexibility index (Phi) is 2.64. The lowest BCUT2D eigenvalue weighted by Gasteiger charge is -2.46. The van der Waals surface area contributed by atoms with Crippen molar-refractivity contribution in [3.05, 3.63) is 34.4 Å². The molecule has 2 bridgehead atoms. The van der Waals surface area contributed by atoms with Gasteiger partial charge in [0, 0.05) is 24.2 Å². The van der Waals surface area contributed by atoms with Gasteiger partial charge in [-0.1, -0.05) is 0 Å². The Bertz CT molecular complexity index is 778. The maximum Gasteiger partial charge on any atom is 0.143 e. The molecule has 0 saturated heterocycles. The molecule has 120 valence electrons. The third-order valence-electron chi connectivity index (χ3n) is 4.93. The summed E-state index contributed by atoms with van der Waals surface area (Å²) in [6.45, 7) is 5.88. The molecule has 6 N–H and O–H groups in total. The summed E-state index contributed by atoms with van der Waals surface area (Å²) in [5.41, 5.74) is 18.5. The zero-order valence-electron chi connectivity index (χ0n) is 13.2. The van der Waals surface area contributed by atoms with Gasteiger partial charge in [0.1, 0.15) is 11.5 Å². The minimum absolute atomic E-state index is 0.157. The minimum Gasteiger partial charge on any atom is -0.505 e. The zero-order valence-corrected chi connectivity index (χ0v) is 13.2. The van der Waals surface area contributed by atoms with Crippen LogP contribution in [0.4, 0.5) is 22.7 Å². The number of rotatable bonds is 0. The molecule has 0 unspecified atom stereocenters. The van der Waals surface area contributed by atoms with Gasteiger partial charge in [0.25, 0.3) is 0 Å². The predicted octanol–water partition coefficient (Wildman–Crippen LogP) is 2.18. The van der Waals surface area contributed by atoms with E-state index in [1.807, 2.05) is 26.0 Å². The highest BCUT2D eigenvalue weighted by Gasteiger charge is 2.33. The molecule has 0 aliphatic carbocycles. The van der Waals surface area contributed by atoms with Crippen molar-refractivity contribution < 1.29 is 10.2 Å². The van der Waals surface area contributed by atoms with Gasteiger partial charge in [-0.25, -0.2) is 0 Å². The molecule has 4 rings (SSSR count). The zero-order chi connectivity index (χ0) is 16.5. The van der Waals surface area contributed by atoms with Crippen LogP contribution in [0.1, 0.15) is 22.3 Å². The highest BCUT2D eigenvalue weighted by Crippen LogP contribution is 2.47. The quantitative estimate of drug-likeness (QED) is 0.439. The number of nitrogens with zero attached hydrogens (tertiary/aromatic N) is 2. The van der Waals surface area contributed by atoms with E-state index in [1.54, 1.807) is 0 Å². The van der Waals surface area contributed by atoms with Crippen molar-refractivity contribution >= 4 is 22.7 Å². The Labute approximate surface area is 134 Å². The van der Waals surface area contributed by atoms with Crippen molar-refractivity contribution in [3.8, 4) is 11.5 Å². The second-order valence-corrected chi connectivity index (χ2v) is 6.43. The maximum absolute atomic E-state index is 10.2. The summed E-state index contributed by atoms with van der Waals surface area (Å²) in [6.07, 6.45) is 0. The molecule has 6 nitrogen and oxygen atoms in total. The fraction of sp³-hybridized carbons (Fsp3) is 0.294. The van der Waals surface area contributed by atoms with Gasteiger partial charge in [-0.3, -0.25) is 0 Å². The molecule has 2 aromatic rings. The summed E-state index contributed by atoms with van der Waals surface area (Å²) in [5, 5.41) is 20.3. The number of aromatic hydroxyl groups is 2. The fourth-order valence-electron chi connectivity index (χ4n) is 3.93. The first kappa shape index (κ1) is 13.9. The molecular weight excluding hydrogens is 292 g/mol. The smallest absolute Gasteiger partial charge is 0.143 e. The number of hydrogen-bond donors (Lipinski definition) is 4. The van der Waals surface area contributed by atoms with E-state index >= 15 is 0 Å². The fourth-order valence-corrected chi connectivity index (χ4v) is 3.93. The Hall–Kier alpha value is -2.76. The van der Waals surface area contributed by atoms with E-state index < -0.39 is 0 Å². The topological polar surface area (TPSA) is 99.0 Å². The largest absolute Gasteiger partial charge is 0.505 e. The van der Waals surface area contributed by atoms with Crippen molar-refractivity contribution in [2.24, 2.45) is 0 Å². The van der Waals surface area contributed by atoms with Crippen LogP contribution < -0.4 is 21.3 Å². The van der Waals surface area contributed by atoms with Crippen molar-refractivity contribution in [1.82, 2.24) is 0 Å². The molecule has 2 heterocycles. The van der Waals surface area contributed by atoms with Gasteiger partial charge in [0.2, 0.25) is 0 Å². The monoisotopic (exact) mass is 312 g/mol. The van der Waals surface area contributed by atoms with E-state index in [2.05, 4.69) is 9.80 Å². The van der Waals surface area contributed by atoms with Crippen molar-refractivity contribution in [2.75, 3.05) is 27.9 Å². The predicted molar refractivity (Wildman–Crippen MR) is 91.7 cm³/mol. The van der Waals surface area contributed by atoms with Gasteiger partial charge in [-0.15, -0.1) is 0 Å². The molecule has 2 aliphatic rings. The van der Waals surface area contributed by atoms with E-state index in [0.29, 0.717) is 31.1 Å². The van der Waals surface area contributed by atoms with Crippen LogP contribution in [0.5, 0.6) is 11.5 Å². The molecule has 0 spiro atoms. The first-order valence-corrected chi connectivity index (χ1v) is 7.60. The van der Waals surface area contributed by atoms with Gasteiger partial charge >= 0.3 is 0 Å². The summed E-state index contributed by atoms with van der Waals surface area (Å²) in [7, 11) is 0. The Morgan fingerprint density at radius 1 is 0.826 bits per heavy atom. The van der Waals surface area contributed by atoms with Crippen LogP contribution in [0.25, 0.3) is 0 Å². The molecule has 0 radical (unpaired) electrons. The molecule has 23 heavy (non-hydrogen) atoms. The summed E-state index contributed by atoms with van der Waals surface area (Å²) >= 11 is 0. The van der Waals surface area contributed by atoms with Gasteiger partial charge < -0.3 is 31.5 Å². The molecule has 0 fully saturated rings. The van der Waals surface area contributed by atoms with Gasteiger partial charge in [-0.2, -0.15) is 0 Å². The number of nitrogen functional groups attached to an aromatic ring is 2. The second kappa shape index (κ2) is 4.38. The van der Waals surface area contributed by atoms with Crippen LogP contribution in [0.3, 0.4) is 0 Å². The first-order chi connectivity index (χ1) is 10.9. The Balaban J connectivity index is 1.91. The van der Waals surface area contributed by atoms with Crippen molar-refractivity contribution in [3.63, 3.8) is 0 Å². The van der Waals surface area contributed by atoms with Crippen molar-refractivity contribution in [1.29, 1.82) is 0 Å². The molecule has 0 aromatic heterocycles. The number of hydrogen-bond acceptors (Lipinski definition) is 6. The van der Waals surface area contributed by atoms with Crippen molar-refractivity contribution in [2.45, 2.75) is 26.9 Å². The summed E-state index contributed by atoms with van der Waals surface area (Å²) < 4.78 is 0. The molecule has 2 aliphatic heterocycles. The van der Waals surface area contributed by atoms with Gasteiger partial charge in [-0.05, 0) is 37.1 Å². The molecular formula is C17H20N4O2. The second-order valence-electron chi connectivity index (χ2n) is 6.43. The van der Waals surface area contributed by atoms with Crippen LogP contribution in [0.2, 0.25) is 0 Å². The summed E-state index contributed by atoms with van der Waals surface area (Å²) in [6, 6.07) is 3.68. The van der Waals surface area contributed by atoms with E-state index in [1.165, 1.54) is 0 Å². The Morgan fingerprint density at radius 3 is 1.61 bits per heavy atom. The van der Waals surface area contributed by atoms with Crippen LogP contribution >= 0.6 is 0 Å². The lowest BCUT2D eigenvalue weighted by molar-refractivity contribution is 0.471. The number of nitrogens with two attached hydrogens (primary N) is 2. The van der Waals surface area contributed by atoms with E-state index in [-0.39, 0.29) is 11.5 Å². The molecule has 6 heteroatoms. The number of fused-ring (bicyclic) bond motifs is 6. The summed E-state index contributed by atoms with van der Waals surface area (Å²) in [4.78, 5) is 4.43. The Morgan fingerprint density at radius 2 is 1.22 bits per heavy atom. The average Bonchev–Trinajstić information content (AvgIpc) is 2.50. The SMILES string of the molecule is Cc1c(O)c(N)cc2c1N1Cc3cc(N)c(O)c(C)c3N(C2)C1. The van der Waals surface area contributed by atoms with Crippen LogP contribution in [-0.4, -0.2) is 16.9 Å². The maximum atomic E-state index is 10.2. The lowest BCUT2D eigenvalue weighted by atomic mass is 9.95. The summed E-state index contributed by atoms with van der Waals surface area (Å²) in [5.74, 6) is 0.314. The number of anilines is 4. The number of benzene rings is 2. The van der Waals surface area contributed by atoms with E-state index in [9.17, 15) is 10.2 Å². The van der Waals surface area contributed by atoms with Gasteiger partial charge in [0.15, 0.2) is 0 Å². The highest BCUT2D eigenvalue weighted by atomic mass is 16.3. The van der Waals surface area contributed by atoms with E-state index in [4.69, 9.17) is 11.5 Å². The standard InChI is InChI=1S/C17H20N4O2/c1-8-14-10(3-12(18)16(8)22)5-21-7-20(14)6-11-4-13(19)17(23)9(2)15(11)21/h3-4,22-23H,5-7,18-19H2,1-2H3. The third kappa shape index (κ3) is 1.75. The number of phenolic OH excluding ortho intramolecular Hbond substituents is 2. The highest BCUT2D eigenvalue weighted by molar-refractivity contribution is 5.80. The van der Waals surface area contributed by atoms with Crippen LogP contribution in [0, 0.1) is 13.8 Å².